The first-order chi connectivity index (χ1) is 8.47. The zero-order valence-electron chi connectivity index (χ0n) is 10.9. The molecule has 0 fully saturated rings. The monoisotopic (exact) mass is 270 g/mol. The first-order valence-corrected chi connectivity index (χ1v) is 6.73. The molecule has 1 heterocycles. The van der Waals surface area contributed by atoms with Gasteiger partial charge < -0.3 is 15.8 Å². The summed E-state index contributed by atoms with van der Waals surface area (Å²) in [5.74, 6) is 0.638. The lowest BCUT2D eigenvalue weighted by Crippen LogP contribution is -2.35. The van der Waals surface area contributed by atoms with Gasteiger partial charge in [0.05, 0.1) is 7.11 Å². The van der Waals surface area contributed by atoms with Crippen LogP contribution in [0.4, 0.5) is 11.6 Å². The van der Waals surface area contributed by atoms with Gasteiger partial charge in [-0.1, -0.05) is 25.6 Å². The number of ether oxygens (including phenoxy) is 1. The fraction of sp³-hybridized carbons (Fsp3) is 0.545. The first-order valence-electron chi connectivity index (χ1n) is 5.50. The molecule has 0 amide bonds. The van der Waals surface area contributed by atoms with Gasteiger partial charge in [-0.2, -0.15) is 0 Å². The average molecular weight is 270 g/mol. The zero-order chi connectivity index (χ0) is 13.7. The molecule has 6 nitrogen and oxygen atoms in total. The van der Waals surface area contributed by atoms with Crippen LogP contribution in [0.5, 0.6) is 0 Å². The number of hydrogen-bond donors (Lipinski definition) is 2. The standard InChI is InChI=1S/C11H18N4O2S/c1-6(2)9(10(16)17-3)14-8-5-7(12)13-11(15-8)18-4/h5-6,9H,1-4H3,(H3,12,13,14,15). The molecule has 1 aromatic rings. The van der Waals surface area contributed by atoms with Gasteiger partial charge in [-0.25, -0.2) is 14.8 Å². The Kier molecular flexibility index (Phi) is 5.21. The smallest absolute Gasteiger partial charge is 0.328 e. The Bertz CT molecular complexity index is 426. The van der Waals surface area contributed by atoms with E-state index < -0.39 is 6.04 Å². The summed E-state index contributed by atoms with van der Waals surface area (Å²) in [5.41, 5.74) is 5.67. The Hall–Kier alpha value is -1.50. The highest BCUT2D eigenvalue weighted by Gasteiger charge is 2.23. The lowest BCUT2D eigenvalue weighted by Gasteiger charge is -2.20. The third-order valence-corrected chi connectivity index (χ3v) is 2.88. The second-order valence-corrected chi connectivity index (χ2v) is 4.83. The molecule has 18 heavy (non-hydrogen) atoms. The van der Waals surface area contributed by atoms with Crippen molar-refractivity contribution in [3.05, 3.63) is 6.07 Å². The van der Waals surface area contributed by atoms with Crippen LogP contribution >= 0.6 is 11.8 Å². The Morgan fingerprint density at radius 2 is 2.17 bits per heavy atom. The first kappa shape index (κ1) is 14.6. The van der Waals surface area contributed by atoms with Crippen molar-refractivity contribution < 1.29 is 9.53 Å². The van der Waals surface area contributed by atoms with E-state index in [2.05, 4.69) is 15.3 Å². The number of anilines is 2. The number of nitrogen functional groups attached to an aromatic ring is 1. The molecule has 0 saturated heterocycles. The van der Waals surface area contributed by atoms with Crippen LogP contribution in [-0.2, 0) is 9.53 Å². The minimum Gasteiger partial charge on any atom is -0.467 e. The van der Waals surface area contributed by atoms with Crippen LogP contribution in [-0.4, -0.2) is 35.3 Å². The zero-order valence-corrected chi connectivity index (χ0v) is 11.7. The molecule has 0 radical (unpaired) electrons. The Labute approximate surface area is 111 Å². The molecule has 0 aromatic carbocycles. The molecule has 1 atom stereocenters. The van der Waals surface area contributed by atoms with E-state index in [0.717, 1.165) is 0 Å². The lowest BCUT2D eigenvalue weighted by atomic mass is 10.0. The van der Waals surface area contributed by atoms with Gasteiger partial charge in [-0.15, -0.1) is 0 Å². The summed E-state index contributed by atoms with van der Waals surface area (Å²) in [7, 11) is 1.36. The SMILES string of the molecule is COC(=O)C(Nc1cc(N)nc(SC)n1)C(C)C. The highest BCUT2D eigenvalue weighted by atomic mass is 32.2. The number of thioether (sulfide) groups is 1. The summed E-state index contributed by atoms with van der Waals surface area (Å²) >= 11 is 1.39. The molecule has 1 unspecified atom stereocenters. The van der Waals surface area contributed by atoms with Crippen molar-refractivity contribution in [3.8, 4) is 0 Å². The van der Waals surface area contributed by atoms with E-state index >= 15 is 0 Å². The quantitative estimate of drug-likeness (QED) is 0.474. The molecule has 0 spiro atoms. The molecule has 0 aliphatic rings. The molecule has 0 bridgehead atoms. The number of carbonyl (C=O) groups is 1. The van der Waals surface area contributed by atoms with E-state index in [1.54, 1.807) is 6.07 Å². The van der Waals surface area contributed by atoms with Crippen LogP contribution in [0.3, 0.4) is 0 Å². The van der Waals surface area contributed by atoms with Gasteiger partial charge in [0.25, 0.3) is 0 Å². The maximum absolute atomic E-state index is 11.6. The number of nitrogens with one attached hydrogen (secondary N) is 1. The van der Waals surface area contributed by atoms with Crippen LogP contribution in [0, 0.1) is 5.92 Å². The predicted molar refractivity (Wildman–Crippen MR) is 72.5 cm³/mol. The largest absolute Gasteiger partial charge is 0.467 e. The second-order valence-electron chi connectivity index (χ2n) is 4.05. The highest BCUT2D eigenvalue weighted by Crippen LogP contribution is 2.18. The molecule has 0 saturated carbocycles. The molecule has 100 valence electrons. The van der Waals surface area contributed by atoms with Crippen LogP contribution in [0.1, 0.15) is 13.8 Å². The van der Waals surface area contributed by atoms with Crippen molar-refractivity contribution in [3.63, 3.8) is 0 Å². The van der Waals surface area contributed by atoms with E-state index in [-0.39, 0.29) is 11.9 Å². The number of carbonyl (C=O) groups excluding carboxylic acids is 1. The predicted octanol–water partition coefficient (Wildman–Crippen LogP) is 1.39. The normalized spacial score (nSPS) is 12.3. The summed E-state index contributed by atoms with van der Waals surface area (Å²) in [4.78, 5) is 19.9. The van der Waals surface area contributed by atoms with Crippen molar-refractivity contribution in [2.75, 3.05) is 24.4 Å². The molecule has 3 N–H and O–H groups in total. The maximum Gasteiger partial charge on any atom is 0.328 e. The molecule has 0 aliphatic carbocycles. The van der Waals surface area contributed by atoms with Gasteiger partial charge in [0.2, 0.25) is 0 Å². The summed E-state index contributed by atoms with van der Waals surface area (Å²) in [6, 6.07) is 1.14. The molecule has 1 rings (SSSR count). The fourth-order valence-corrected chi connectivity index (χ4v) is 1.78. The van der Waals surface area contributed by atoms with Crippen LogP contribution in [0.15, 0.2) is 11.2 Å². The van der Waals surface area contributed by atoms with E-state index in [9.17, 15) is 4.79 Å². The summed E-state index contributed by atoms with van der Waals surface area (Å²) in [6.45, 7) is 3.85. The van der Waals surface area contributed by atoms with Crippen molar-refractivity contribution in [2.45, 2.75) is 25.0 Å². The van der Waals surface area contributed by atoms with Crippen LogP contribution in [0.25, 0.3) is 0 Å². The number of hydrogen-bond acceptors (Lipinski definition) is 7. The number of aromatic nitrogens is 2. The van der Waals surface area contributed by atoms with Gasteiger partial charge in [0, 0.05) is 6.07 Å². The number of esters is 1. The second kappa shape index (κ2) is 6.44. The van der Waals surface area contributed by atoms with Crippen LogP contribution in [0.2, 0.25) is 0 Å². The van der Waals surface area contributed by atoms with Crippen molar-refractivity contribution in [2.24, 2.45) is 5.92 Å². The van der Waals surface area contributed by atoms with Gasteiger partial charge in [0.15, 0.2) is 5.16 Å². The van der Waals surface area contributed by atoms with Gasteiger partial charge in [-0.3, -0.25) is 0 Å². The van der Waals surface area contributed by atoms with Crippen molar-refractivity contribution >= 4 is 29.4 Å². The maximum atomic E-state index is 11.6. The topological polar surface area (TPSA) is 90.1 Å². The minimum absolute atomic E-state index is 0.0753. The van der Waals surface area contributed by atoms with E-state index in [1.807, 2.05) is 20.1 Å². The number of rotatable bonds is 5. The van der Waals surface area contributed by atoms with Crippen molar-refractivity contribution in [1.29, 1.82) is 0 Å². The van der Waals surface area contributed by atoms with E-state index in [1.165, 1.54) is 18.9 Å². The van der Waals surface area contributed by atoms with Crippen LogP contribution < -0.4 is 11.1 Å². The Balaban J connectivity index is 2.93. The van der Waals surface area contributed by atoms with Gasteiger partial charge in [-0.05, 0) is 12.2 Å². The third kappa shape index (κ3) is 3.76. The molecular weight excluding hydrogens is 252 g/mol. The fourth-order valence-electron chi connectivity index (χ4n) is 1.39. The average Bonchev–Trinajstić information content (AvgIpc) is 2.34. The van der Waals surface area contributed by atoms with Gasteiger partial charge in [0.1, 0.15) is 17.7 Å². The molecule has 0 aliphatic heterocycles. The molecule has 7 heteroatoms. The third-order valence-electron chi connectivity index (χ3n) is 2.33. The number of nitrogens with two attached hydrogens (primary N) is 1. The highest BCUT2D eigenvalue weighted by molar-refractivity contribution is 7.98. The minimum atomic E-state index is -0.459. The number of methoxy groups -OCH3 is 1. The van der Waals surface area contributed by atoms with Crippen molar-refractivity contribution in [1.82, 2.24) is 9.97 Å². The Morgan fingerprint density at radius 3 is 2.67 bits per heavy atom. The lowest BCUT2D eigenvalue weighted by molar-refractivity contribution is -0.142. The van der Waals surface area contributed by atoms with Gasteiger partial charge >= 0.3 is 5.97 Å². The summed E-state index contributed by atoms with van der Waals surface area (Å²) < 4.78 is 4.75. The summed E-state index contributed by atoms with van der Waals surface area (Å²) in [5, 5.41) is 3.59. The Morgan fingerprint density at radius 1 is 1.50 bits per heavy atom. The summed E-state index contributed by atoms with van der Waals surface area (Å²) in [6.07, 6.45) is 1.86. The molecular formula is C11H18N4O2S. The van der Waals surface area contributed by atoms with E-state index in [0.29, 0.717) is 16.8 Å². The number of nitrogens with zero attached hydrogens (tertiary/aromatic N) is 2. The van der Waals surface area contributed by atoms with E-state index in [4.69, 9.17) is 10.5 Å². The molecule has 1 aromatic heterocycles.